The highest BCUT2D eigenvalue weighted by Gasteiger charge is 2.31. The molecule has 29 heavy (non-hydrogen) atoms. The van der Waals surface area contributed by atoms with Gasteiger partial charge in [-0.05, 0) is 52.3 Å². The summed E-state index contributed by atoms with van der Waals surface area (Å²) in [5.74, 6) is -0.810. The van der Waals surface area contributed by atoms with Crippen LogP contribution in [0.3, 0.4) is 0 Å². The first-order valence-corrected chi connectivity index (χ1v) is 9.12. The Labute approximate surface area is 173 Å². The van der Waals surface area contributed by atoms with Gasteiger partial charge in [0.2, 0.25) is 0 Å². The first-order chi connectivity index (χ1) is 13.6. The lowest BCUT2D eigenvalue weighted by atomic mass is 10.1. The SMILES string of the molecule is CN(Nc1cccc(-c2c(Br)cnn2C)c1)C(=O)c1ccc(OC(F)(F)F)cc1. The normalized spacial score (nSPS) is 11.2. The monoisotopic (exact) mass is 468 g/mol. The fraction of sp³-hybridized carbons (Fsp3) is 0.158. The van der Waals surface area contributed by atoms with Gasteiger partial charge in [-0.15, -0.1) is 13.2 Å². The van der Waals surface area contributed by atoms with E-state index in [4.69, 9.17) is 0 Å². The highest BCUT2D eigenvalue weighted by Crippen LogP contribution is 2.29. The largest absolute Gasteiger partial charge is 0.573 e. The number of halogens is 4. The van der Waals surface area contributed by atoms with Gasteiger partial charge in [0.15, 0.2) is 0 Å². The highest BCUT2D eigenvalue weighted by molar-refractivity contribution is 9.10. The number of nitrogens with one attached hydrogen (secondary N) is 1. The van der Waals surface area contributed by atoms with Gasteiger partial charge >= 0.3 is 6.36 Å². The van der Waals surface area contributed by atoms with Crippen LogP contribution >= 0.6 is 15.9 Å². The number of hydrogen-bond acceptors (Lipinski definition) is 4. The third kappa shape index (κ3) is 5.08. The van der Waals surface area contributed by atoms with E-state index in [9.17, 15) is 18.0 Å². The van der Waals surface area contributed by atoms with Gasteiger partial charge in [0.25, 0.3) is 5.91 Å². The minimum absolute atomic E-state index is 0.208. The molecule has 152 valence electrons. The minimum atomic E-state index is -4.78. The van der Waals surface area contributed by atoms with Crippen LogP contribution < -0.4 is 10.2 Å². The molecule has 0 atom stereocenters. The van der Waals surface area contributed by atoms with Crippen LogP contribution in [0.5, 0.6) is 5.75 Å². The summed E-state index contributed by atoms with van der Waals surface area (Å²) >= 11 is 3.46. The maximum Gasteiger partial charge on any atom is 0.573 e. The van der Waals surface area contributed by atoms with Crippen molar-refractivity contribution in [3.63, 3.8) is 0 Å². The van der Waals surface area contributed by atoms with E-state index < -0.39 is 12.3 Å². The van der Waals surface area contributed by atoms with Crippen molar-refractivity contribution in [1.82, 2.24) is 14.8 Å². The first-order valence-electron chi connectivity index (χ1n) is 8.32. The molecule has 2 aromatic carbocycles. The summed E-state index contributed by atoms with van der Waals surface area (Å²) in [6.45, 7) is 0. The molecule has 10 heteroatoms. The average molecular weight is 469 g/mol. The van der Waals surface area contributed by atoms with E-state index in [2.05, 4.69) is 31.2 Å². The van der Waals surface area contributed by atoms with Crippen molar-refractivity contribution in [3.05, 3.63) is 64.8 Å². The summed E-state index contributed by atoms with van der Waals surface area (Å²) in [5, 5.41) is 5.43. The topological polar surface area (TPSA) is 59.4 Å². The molecule has 6 nitrogen and oxygen atoms in total. The van der Waals surface area contributed by atoms with Crippen LogP contribution in [0.2, 0.25) is 0 Å². The molecule has 0 aliphatic heterocycles. The van der Waals surface area contributed by atoms with Crippen molar-refractivity contribution in [2.75, 3.05) is 12.5 Å². The number of nitrogens with zero attached hydrogens (tertiary/aromatic N) is 3. The zero-order chi connectivity index (χ0) is 21.2. The van der Waals surface area contributed by atoms with Gasteiger partial charge < -0.3 is 4.74 Å². The molecule has 0 spiro atoms. The lowest BCUT2D eigenvalue weighted by molar-refractivity contribution is -0.274. The summed E-state index contributed by atoms with van der Waals surface area (Å²) in [5.41, 5.74) is 5.59. The van der Waals surface area contributed by atoms with Gasteiger partial charge in [0.1, 0.15) is 5.75 Å². The van der Waals surface area contributed by atoms with Crippen LogP contribution in [-0.4, -0.2) is 34.1 Å². The van der Waals surface area contributed by atoms with Crippen LogP contribution in [0.15, 0.2) is 59.2 Å². The van der Waals surface area contributed by atoms with Crippen LogP contribution in [0.1, 0.15) is 10.4 Å². The third-order valence-corrected chi connectivity index (χ3v) is 4.55. The fourth-order valence-electron chi connectivity index (χ4n) is 2.71. The zero-order valence-electron chi connectivity index (χ0n) is 15.4. The van der Waals surface area contributed by atoms with Gasteiger partial charge in [0, 0.05) is 25.2 Å². The Morgan fingerprint density at radius 3 is 2.48 bits per heavy atom. The lowest BCUT2D eigenvalue weighted by Crippen LogP contribution is -2.32. The molecule has 3 rings (SSSR count). The summed E-state index contributed by atoms with van der Waals surface area (Å²) in [6, 6.07) is 12.1. The van der Waals surface area contributed by atoms with Crippen molar-refractivity contribution >= 4 is 27.5 Å². The molecule has 1 aromatic heterocycles. The summed E-state index contributed by atoms with van der Waals surface area (Å²) < 4.78 is 43.1. The molecular weight excluding hydrogens is 453 g/mol. The van der Waals surface area contributed by atoms with Gasteiger partial charge in [-0.1, -0.05) is 12.1 Å². The number of carbonyl (C=O) groups excluding carboxylic acids is 1. The molecule has 0 aliphatic rings. The Morgan fingerprint density at radius 2 is 1.90 bits per heavy atom. The number of aryl methyl sites for hydroxylation is 1. The Balaban J connectivity index is 1.72. The van der Waals surface area contributed by atoms with Crippen molar-refractivity contribution in [1.29, 1.82) is 0 Å². The summed E-state index contributed by atoms with van der Waals surface area (Å²) in [6.07, 6.45) is -3.09. The third-order valence-electron chi connectivity index (χ3n) is 3.97. The van der Waals surface area contributed by atoms with Crippen LogP contribution in [-0.2, 0) is 7.05 Å². The summed E-state index contributed by atoms with van der Waals surface area (Å²) in [7, 11) is 3.34. The molecule has 0 radical (unpaired) electrons. The second kappa shape index (κ2) is 8.16. The second-order valence-electron chi connectivity index (χ2n) is 6.09. The van der Waals surface area contributed by atoms with E-state index in [1.165, 1.54) is 24.2 Å². The Hall–Kier alpha value is -3.01. The number of aromatic nitrogens is 2. The second-order valence-corrected chi connectivity index (χ2v) is 6.95. The maximum absolute atomic E-state index is 12.5. The van der Waals surface area contributed by atoms with E-state index in [0.717, 1.165) is 27.9 Å². The van der Waals surface area contributed by atoms with Crippen LogP contribution in [0.25, 0.3) is 11.3 Å². The molecule has 1 amide bonds. The number of carbonyl (C=O) groups is 1. The smallest absolute Gasteiger partial charge is 0.406 e. The fourth-order valence-corrected chi connectivity index (χ4v) is 3.29. The van der Waals surface area contributed by atoms with E-state index in [1.807, 2.05) is 25.2 Å². The van der Waals surface area contributed by atoms with Crippen LogP contribution in [0.4, 0.5) is 18.9 Å². The molecule has 0 unspecified atom stereocenters. The molecule has 0 aliphatic carbocycles. The molecule has 1 N–H and O–H groups in total. The first kappa shape index (κ1) is 20.7. The van der Waals surface area contributed by atoms with Crippen LogP contribution in [0, 0.1) is 0 Å². The zero-order valence-corrected chi connectivity index (χ0v) is 17.0. The number of hydrazine groups is 1. The molecule has 3 aromatic rings. The predicted molar refractivity (Wildman–Crippen MR) is 105 cm³/mol. The molecule has 0 bridgehead atoms. The Morgan fingerprint density at radius 1 is 1.21 bits per heavy atom. The number of anilines is 1. The molecule has 0 saturated heterocycles. The number of hydrogen-bond donors (Lipinski definition) is 1. The lowest BCUT2D eigenvalue weighted by Gasteiger charge is -2.20. The number of benzene rings is 2. The Bertz CT molecular complexity index is 1000. The maximum atomic E-state index is 12.5. The van der Waals surface area contributed by atoms with Crippen molar-refractivity contribution in [3.8, 4) is 17.0 Å². The minimum Gasteiger partial charge on any atom is -0.406 e. The van der Waals surface area contributed by atoms with Crippen molar-refractivity contribution < 1.29 is 22.7 Å². The number of amides is 1. The van der Waals surface area contributed by atoms with Gasteiger partial charge in [-0.3, -0.25) is 19.9 Å². The van der Waals surface area contributed by atoms with Crippen molar-refractivity contribution in [2.24, 2.45) is 7.05 Å². The van der Waals surface area contributed by atoms with Gasteiger partial charge in [0.05, 0.1) is 22.1 Å². The number of ether oxygens (including phenoxy) is 1. The molecule has 0 fully saturated rings. The van der Waals surface area contributed by atoms with Gasteiger partial charge in [-0.25, -0.2) is 0 Å². The average Bonchev–Trinajstić information content (AvgIpc) is 2.99. The number of alkyl halides is 3. The highest BCUT2D eigenvalue weighted by atomic mass is 79.9. The van der Waals surface area contributed by atoms with E-state index in [1.54, 1.807) is 16.9 Å². The molecule has 0 saturated carbocycles. The van der Waals surface area contributed by atoms with E-state index >= 15 is 0 Å². The molecule has 1 heterocycles. The van der Waals surface area contributed by atoms with Crippen molar-refractivity contribution in [2.45, 2.75) is 6.36 Å². The summed E-state index contributed by atoms with van der Waals surface area (Å²) in [4.78, 5) is 12.5. The number of rotatable bonds is 5. The quantitative estimate of drug-likeness (QED) is 0.543. The Kier molecular flexibility index (Phi) is 5.83. The predicted octanol–water partition coefficient (Wildman–Crippen LogP) is 4.85. The molecular formula is C19H16BrF3N4O2. The van der Waals surface area contributed by atoms with Gasteiger partial charge in [-0.2, -0.15) is 5.10 Å². The van der Waals surface area contributed by atoms with E-state index in [0.29, 0.717) is 5.69 Å². The standard InChI is InChI=1S/C19H16BrF3N4O2/c1-26-17(16(20)11-24-26)13-4-3-5-14(10-13)25-27(2)18(28)12-6-8-15(9-7-12)29-19(21,22)23/h3-11,25H,1-2H3. The van der Waals surface area contributed by atoms with E-state index in [-0.39, 0.29) is 11.3 Å².